The predicted octanol–water partition coefficient (Wildman–Crippen LogP) is 6.09. The predicted molar refractivity (Wildman–Crippen MR) is 173 cm³/mol. The maximum atomic E-state index is 14.6. The van der Waals surface area contributed by atoms with E-state index in [1.807, 2.05) is 34.1 Å². The van der Waals surface area contributed by atoms with Gasteiger partial charge in [0.15, 0.2) is 0 Å². The number of aryl methyl sites for hydroxylation is 1. The van der Waals surface area contributed by atoms with E-state index in [1.165, 1.54) is 34.9 Å². The standard InChI is InChI=1S/C36H39ClFN3O4/c1-22-5-4-6-26(23(22)2)19-41(29-10-11-29)36(43)35-31(18-28-20-40(24(3)42)21-33(35)39-28)25-7-12-30(13-8-25)44-15-16-45-34-17-27(38)9-14-32(34)37/h4-9,12-14,17,28-29,33,39H,10-11,15-16,18-21H2,1-3H3/t28?,33-/m1/s1. The number of carbonyl (C=O) groups excluding carboxylic acids is 2. The quantitative estimate of drug-likeness (QED) is 0.274. The van der Waals surface area contributed by atoms with Crippen LogP contribution in [0.1, 0.15) is 48.4 Å². The zero-order valence-electron chi connectivity index (χ0n) is 25.9. The molecule has 3 aromatic carbocycles. The summed E-state index contributed by atoms with van der Waals surface area (Å²) in [5.41, 5.74) is 6.35. The smallest absolute Gasteiger partial charge is 0.252 e. The Bertz CT molecular complexity index is 1620. The second-order valence-corrected chi connectivity index (χ2v) is 12.7. The number of piperazine rings is 1. The topological polar surface area (TPSA) is 71.1 Å². The van der Waals surface area contributed by atoms with E-state index in [0.717, 1.165) is 29.6 Å². The first kappa shape index (κ1) is 31.1. The Labute approximate surface area is 268 Å². The lowest BCUT2D eigenvalue weighted by Crippen LogP contribution is -2.61. The normalized spacial score (nSPS) is 19.4. The lowest BCUT2D eigenvalue weighted by molar-refractivity contribution is -0.132. The molecule has 2 fully saturated rings. The number of carbonyl (C=O) groups is 2. The molecule has 236 valence electrons. The van der Waals surface area contributed by atoms with Gasteiger partial charge in [-0.15, -0.1) is 0 Å². The Morgan fingerprint density at radius 1 is 1.02 bits per heavy atom. The van der Waals surface area contributed by atoms with Gasteiger partial charge in [0.25, 0.3) is 5.91 Å². The molecule has 3 aliphatic rings. The average Bonchev–Trinajstić information content (AvgIpc) is 3.87. The lowest BCUT2D eigenvalue weighted by Gasteiger charge is -2.44. The van der Waals surface area contributed by atoms with E-state index >= 15 is 0 Å². The van der Waals surface area contributed by atoms with E-state index in [9.17, 15) is 14.0 Å². The minimum absolute atomic E-state index is 0.0290. The second-order valence-electron chi connectivity index (χ2n) is 12.3. The number of ether oxygens (including phenoxy) is 2. The fourth-order valence-electron chi connectivity index (χ4n) is 6.35. The van der Waals surface area contributed by atoms with Crippen LogP contribution in [0.25, 0.3) is 5.57 Å². The number of amides is 2. The van der Waals surface area contributed by atoms with Gasteiger partial charge < -0.3 is 24.6 Å². The molecular weight excluding hydrogens is 593 g/mol. The molecule has 9 heteroatoms. The fourth-order valence-corrected chi connectivity index (χ4v) is 6.52. The van der Waals surface area contributed by atoms with Crippen molar-refractivity contribution in [1.29, 1.82) is 0 Å². The van der Waals surface area contributed by atoms with Crippen molar-refractivity contribution in [3.05, 3.63) is 99.3 Å². The minimum atomic E-state index is -0.417. The summed E-state index contributed by atoms with van der Waals surface area (Å²) in [7, 11) is 0. The Balaban J connectivity index is 1.24. The van der Waals surface area contributed by atoms with Crippen molar-refractivity contribution in [2.24, 2.45) is 0 Å². The number of fused-ring (bicyclic) bond motifs is 2. The van der Waals surface area contributed by atoms with Gasteiger partial charge in [0.05, 0.1) is 11.1 Å². The number of hydrogen-bond donors (Lipinski definition) is 1. The largest absolute Gasteiger partial charge is 0.490 e. The Hall–Kier alpha value is -3.88. The highest BCUT2D eigenvalue weighted by Gasteiger charge is 2.43. The molecule has 2 heterocycles. The molecule has 1 aliphatic carbocycles. The van der Waals surface area contributed by atoms with E-state index in [2.05, 4.69) is 37.4 Å². The number of halogens is 2. The zero-order valence-corrected chi connectivity index (χ0v) is 26.7. The van der Waals surface area contributed by atoms with E-state index in [0.29, 0.717) is 36.8 Å². The first-order valence-corrected chi connectivity index (χ1v) is 16.0. The van der Waals surface area contributed by atoms with Gasteiger partial charge in [0.1, 0.15) is 30.5 Å². The molecule has 2 atom stereocenters. The number of hydrogen-bond acceptors (Lipinski definition) is 5. The maximum absolute atomic E-state index is 14.6. The molecule has 45 heavy (non-hydrogen) atoms. The van der Waals surface area contributed by atoms with Crippen LogP contribution in [-0.4, -0.2) is 66.0 Å². The molecule has 0 aromatic heterocycles. The van der Waals surface area contributed by atoms with Crippen molar-refractivity contribution in [3.63, 3.8) is 0 Å². The molecule has 6 rings (SSSR count). The molecule has 0 radical (unpaired) electrons. The highest BCUT2D eigenvalue weighted by molar-refractivity contribution is 6.32. The summed E-state index contributed by atoms with van der Waals surface area (Å²) in [6.45, 7) is 7.92. The van der Waals surface area contributed by atoms with Crippen LogP contribution in [0.3, 0.4) is 0 Å². The highest BCUT2D eigenvalue weighted by atomic mass is 35.5. The monoisotopic (exact) mass is 631 g/mol. The first-order chi connectivity index (χ1) is 21.7. The molecule has 2 aliphatic heterocycles. The lowest BCUT2D eigenvalue weighted by atomic mass is 9.82. The van der Waals surface area contributed by atoms with E-state index in [4.69, 9.17) is 21.1 Å². The minimum Gasteiger partial charge on any atom is -0.490 e. The van der Waals surface area contributed by atoms with Crippen LogP contribution >= 0.6 is 11.6 Å². The molecule has 3 aromatic rings. The molecule has 1 saturated heterocycles. The molecule has 7 nitrogen and oxygen atoms in total. The fraction of sp³-hybridized carbons (Fsp3) is 0.389. The van der Waals surface area contributed by atoms with Gasteiger partial charge >= 0.3 is 0 Å². The zero-order chi connectivity index (χ0) is 31.7. The van der Waals surface area contributed by atoms with Crippen LogP contribution in [0.5, 0.6) is 11.5 Å². The van der Waals surface area contributed by atoms with Crippen LogP contribution in [-0.2, 0) is 16.1 Å². The summed E-state index contributed by atoms with van der Waals surface area (Å²) in [6, 6.07) is 18.1. The Morgan fingerprint density at radius 3 is 2.51 bits per heavy atom. The summed E-state index contributed by atoms with van der Waals surface area (Å²) < 4.78 is 25.0. The summed E-state index contributed by atoms with van der Waals surface area (Å²) in [6.07, 6.45) is 2.65. The Kier molecular flexibility index (Phi) is 9.15. The van der Waals surface area contributed by atoms with Gasteiger partial charge in [-0.3, -0.25) is 9.59 Å². The molecule has 1 unspecified atom stereocenters. The summed E-state index contributed by atoms with van der Waals surface area (Å²) in [5.74, 6) is 0.592. The molecule has 2 amide bonds. The van der Waals surface area contributed by atoms with Gasteiger partial charge in [-0.05, 0) is 85.2 Å². The van der Waals surface area contributed by atoms with Gasteiger partial charge in [0, 0.05) is 50.3 Å². The molecule has 1 saturated carbocycles. The first-order valence-electron chi connectivity index (χ1n) is 15.6. The second kappa shape index (κ2) is 13.2. The van der Waals surface area contributed by atoms with E-state index in [1.54, 1.807) is 6.92 Å². The molecule has 1 N–H and O–H groups in total. The summed E-state index contributed by atoms with van der Waals surface area (Å²) in [4.78, 5) is 30.9. The Morgan fingerprint density at radius 2 is 1.78 bits per heavy atom. The molecule has 2 bridgehead atoms. The van der Waals surface area contributed by atoms with Crippen molar-refractivity contribution >= 4 is 29.0 Å². The van der Waals surface area contributed by atoms with Crippen LogP contribution in [0, 0.1) is 19.7 Å². The average molecular weight is 632 g/mol. The third-order valence-corrected chi connectivity index (χ3v) is 9.40. The molecular formula is C36H39ClFN3O4. The maximum Gasteiger partial charge on any atom is 0.252 e. The van der Waals surface area contributed by atoms with Gasteiger partial charge in [-0.25, -0.2) is 4.39 Å². The van der Waals surface area contributed by atoms with Crippen LogP contribution in [0.15, 0.2) is 66.2 Å². The summed E-state index contributed by atoms with van der Waals surface area (Å²) in [5, 5.41) is 4.00. The van der Waals surface area contributed by atoms with Gasteiger partial charge in [-0.1, -0.05) is 41.9 Å². The van der Waals surface area contributed by atoms with Crippen molar-refractivity contribution in [2.75, 3.05) is 26.3 Å². The van der Waals surface area contributed by atoms with Gasteiger partial charge in [-0.2, -0.15) is 0 Å². The summed E-state index contributed by atoms with van der Waals surface area (Å²) >= 11 is 6.08. The van der Waals surface area contributed by atoms with E-state index < -0.39 is 5.82 Å². The van der Waals surface area contributed by atoms with E-state index in [-0.39, 0.29) is 48.9 Å². The molecule has 0 spiro atoms. The van der Waals surface area contributed by atoms with Crippen molar-refractivity contribution < 1.29 is 23.5 Å². The van der Waals surface area contributed by atoms with Crippen molar-refractivity contribution in [2.45, 2.75) is 64.7 Å². The number of nitrogens with zero attached hydrogens (tertiary/aromatic N) is 2. The van der Waals surface area contributed by atoms with Gasteiger partial charge in [0.2, 0.25) is 5.91 Å². The van der Waals surface area contributed by atoms with Crippen LogP contribution < -0.4 is 14.8 Å². The third kappa shape index (κ3) is 7.02. The van der Waals surface area contributed by atoms with Crippen molar-refractivity contribution in [1.82, 2.24) is 15.1 Å². The number of nitrogens with one attached hydrogen (secondary N) is 1. The van der Waals surface area contributed by atoms with Crippen LogP contribution in [0.4, 0.5) is 4.39 Å². The number of benzene rings is 3. The van der Waals surface area contributed by atoms with Crippen LogP contribution in [0.2, 0.25) is 5.02 Å². The SMILES string of the molecule is CC(=O)N1CC2CC(c3ccc(OCCOc4cc(F)ccc4Cl)cc3)=C(C(=O)N(Cc3cccc(C)c3C)C3CC3)[C@@H](C1)N2. The third-order valence-electron chi connectivity index (χ3n) is 9.09. The highest BCUT2D eigenvalue weighted by Crippen LogP contribution is 2.38. The number of rotatable bonds is 10. The van der Waals surface area contributed by atoms with Crippen molar-refractivity contribution in [3.8, 4) is 11.5 Å².